The number of nitrogens with one attached hydrogen (secondary N) is 4. The third kappa shape index (κ3) is 14.2. The van der Waals surface area contributed by atoms with Crippen molar-refractivity contribution in [2.24, 2.45) is 23.7 Å². The largest absolute Gasteiger partial charge is 0.465 e. The highest BCUT2D eigenvalue weighted by atomic mass is 16.6. The fourth-order valence-corrected chi connectivity index (χ4v) is 8.83. The van der Waals surface area contributed by atoms with E-state index in [9.17, 15) is 19.2 Å². The van der Waals surface area contributed by atoms with Crippen LogP contribution >= 0.6 is 0 Å². The molecule has 16 nitrogen and oxygen atoms in total. The number of aromatic nitrogens is 2. The van der Waals surface area contributed by atoms with Gasteiger partial charge in [0.2, 0.25) is 0 Å². The quantitative estimate of drug-likeness (QED) is 0.0616. The standard InChI is InChI=1S/C49H74N6O10/c1-30(28-61-38-24-32(25-38)14-18-36-20-16-34-12-10-22-50-41(34)52-36)40(54-45(58)64-47(3,4)5)43(56)63-49(44(57)60-9,55-46(59)65-48(6,7)8)31(2)29-62-39-26-33(27-39)15-19-37-21-17-35-13-11-23-51-42(35)53-37/h16-17,20-21,30-33,38-40H,10-15,18-19,22-29H2,1-9H3,(H,50,52)(H,51,53)(H,54,58)(H,55,59). The Morgan fingerprint density at radius 3 is 1.69 bits per heavy atom. The van der Waals surface area contributed by atoms with Crippen LogP contribution in [0.3, 0.4) is 0 Å². The van der Waals surface area contributed by atoms with Gasteiger partial charge in [-0.05, 0) is 154 Å². The first-order chi connectivity index (χ1) is 30.8. The maximum Gasteiger partial charge on any atom is 0.411 e. The number of anilines is 2. The molecule has 4 atom stereocenters. The number of nitrogens with zero attached hydrogens (tertiary/aromatic N) is 2. The van der Waals surface area contributed by atoms with E-state index in [0.29, 0.717) is 11.8 Å². The number of methoxy groups -OCH3 is 1. The average molecular weight is 907 g/mol. The fraction of sp³-hybridized carbons (Fsp3) is 0.714. The van der Waals surface area contributed by atoms with Crippen molar-refractivity contribution in [2.75, 3.05) is 44.0 Å². The molecule has 0 saturated heterocycles. The number of hydrogen-bond donors (Lipinski definition) is 4. The van der Waals surface area contributed by atoms with Crippen molar-refractivity contribution >= 4 is 35.8 Å². The number of fused-ring (bicyclic) bond motifs is 2. The maximum absolute atomic E-state index is 14.5. The molecule has 16 heteroatoms. The summed E-state index contributed by atoms with van der Waals surface area (Å²) >= 11 is 0. The Kier molecular flexibility index (Phi) is 16.6. The second-order valence-electron chi connectivity index (χ2n) is 20.6. The Balaban J connectivity index is 1.08. The van der Waals surface area contributed by atoms with Gasteiger partial charge < -0.3 is 44.4 Å². The molecule has 0 bridgehead atoms. The molecule has 2 aromatic heterocycles. The van der Waals surface area contributed by atoms with Crippen molar-refractivity contribution in [2.45, 2.75) is 168 Å². The zero-order valence-electron chi connectivity index (χ0n) is 40.1. The molecule has 2 amide bonds. The lowest BCUT2D eigenvalue weighted by Crippen LogP contribution is -2.65. The zero-order valence-corrected chi connectivity index (χ0v) is 40.1. The summed E-state index contributed by atoms with van der Waals surface area (Å²) in [5.41, 5.74) is 0.451. The topological polar surface area (TPSA) is 198 Å². The van der Waals surface area contributed by atoms with Crippen LogP contribution in [0.4, 0.5) is 21.2 Å². The second-order valence-corrected chi connectivity index (χ2v) is 20.6. The molecule has 2 saturated carbocycles. The molecule has 2 aliphatic carbocycles. The minimum atomic E-state index is -2.40. The number of carbonyl (C=O) groups excluding carboxylic acids is 4. The van der Waals surface area contributed by atoms with Crippen LogP contribution in [0.25, 0.3) is 0 Å². The molecular formula is C49H74N6O10. The fourth-order valence-electron chi connectivity index (χ4n) is 8.83. The molecule has 360 valence electrons. The van der Waals surface area contributed by atoms with Gasteiger partial charge in [0.1, 0.15) is 28.9 Å². The monoisotopic (exact) mass is 907 g/mol. The van der Waals surface area contributed by atoms with Crippen LogP contribution in [0.5, 0.6) is 0 Å². The molecule has 0 spiro atoms. The smallest absolute Gasteiger partial charge is 0.411 e. The van der Waals surface area contributed by atoms with Gasteiger partial charge in [0, 0.05) is 30.4 Å². The Hall–Kier alpha value is -4.70. The van der Waals surface area contributed by atoms with E-state index in [1.54, 1.807) is 55.4 Å². The lowest BCUT2D eigenvalue weighted by atomic mass is 9.79. The van der Waals surface area contributed by atoms with Crippen LogP contribution in [0.1, 0.15) is 129 Å². The molecule has 2 aliphatic heterocycles. The molecule has 0 aromatic carbocycles. The molecule has 0 radical (unpaired) electrons. The third-order valence-electron chi connectivity index (χ3n) is 12.7. The minimum absolute atomic E-state index is 0.0253. The van der Waals surface area contributed by atoms with Crippen molar-refractivity contribution in [3.8, 4) is 0 Å². The van der Waals surface area contributed by atoms with Crippen molar-refractivity contribution < 1.29 is 47.6 Å². The van der Waals surface area contributed by atoms with Gasteiger partial charge in [-0.25, -0.2) is 29.1 Å². The molecule has 4 aliphatic rings. The molecule has 6 rings (SSSR count). The summed E-state index contributed by atoms with van der Waals surface area (Å²) in [4.78, 5) is 64.8. The van der Waals surface area contributed by atoms with Crippen LogP contribution < -0.4 is 21.3 Å². The van der Waals surface area contributed by atoms with E-state index in [2.05, 4.69) is 45.5 Å². The number of carbonyl (C=O) groups is 4. The lowest BCUT2D eigenvalue weighted by Gasteiger charge is -2.40. The van der Waals surface area contributed by atoms with Crippen molar-refractivity contribution in [1.29, 1.82) is 0 Å². The minimum Gasteiger partial charge on any atom is -0.465 e. The third-order valence-corrected chi connectivity index (χ3v) is 12.7. The van der Waals surface area contributed by atoms with Gasteiger partial charge >= 0.3 is 24.1 Å². The summed E-state index contributed by atoms with van der Waals surface area (Å²) < 4.78 is 35.0. The second kappa shape index (κ2) is 21.7. The number of pyridine rings is 2. The Bertz CT molecular complexity index is 1960. The first-order valence-electron chi connectivity index (χ1n) is 23.8. The van der Waals surface area contributed by atoms with Gasteiger partial charge in [-0.15, -0.1) is 0 Å². The number of alkyl carbamates (subject to hydrolysis) is 2. The van der Waals surface area contributed by atoms with Crippen LogP contribution in [-0.2, 0) is 63.7 Å². The van der Waals surface area contributed by atoms with E-state index < -0.39 is 58.9 Å². The Morgan fingerprint density at radius 1 is 0.708 bits per heavy atom. The number of hydrogen-bond acceptors (Lipinski definition) is 14. The molecule has 2 fully saturated rings. The van der Waals surface area contributed by atoms with E-state index in [1.165, 1.54) is 11.1 Å². The molecular weight excluding hydrogens is 833 g/mol. The summed E-state index contributed by atoms with van der Waals surface area (Å²) in [7, 11) is 1.14. The molecule has 2 aromatic rings. The van der Waals surface area contributed by atoms with Gasteiger partial charge in [0.05, 0.1) is 38.4 Å². The van der Waals surface area contributed by atoms with Crippen LogP contribution in [0, 0.1) is 23.7 Å². The van der Waals surface area contributed by atoms with Crippen molar-refractivity contribution in [1.82, 2.24) is 20.6 Å². The summed E-state index contributed by atoms with van der Waals surface area (Å²) in [5.74, 6) is -0.757. The molecule has 4 unspecified atom stereocenters. The van der Waals surface area contributed by atoms with Crippen LogP contribution in [0.2, 0.25) is 0 Å². The molecule has 4 heterocycles. The average Bonchev–Trinajstić information content (AvgIpc) is 3.21. The highest BCUT2D eigenvalue weighted by Crippen LogP contribution is 2.37. The van der Waals surface area contributed by atoms with E-state index in [1.807, 2.05) is 0 Å². The van der Waals surface area contributed by atoms with Crippen molar-refractivity contribution in [3.05, 3.63) is 46.8 Å². The summed E-state index contributed by atoms with van der Waals surface area (Å²) in [6, 6.07) is 7.24. The van der Waals surface area contributed by atoms with E-state index in [0.717, 1.165) is 120 Å². The molecule has 4 N–H and O–H groups in total. The van der Waals surface area contributed by atoms with E-state index in [4.69, 9.17) is 38.4 Å². The highest BCUT2D eigenvalue weighted by molar-refractivity contribution is 5.89. The van der Waals surface area contributed by atoms with E-state index in [-0.39, 0.29) is 25.4 Å². The summed E-state index contributed by atoms with van der Waals surface area (Å²) in [6.45, 7) is 15.4. The van der Waals surface area contributed by atoms with Gasteiger partial charge in [0.15, 0.2) is 0 Å². The molecule has 65 heavy (non-hydrogen) atoms. The van der Waals surface area contributed by atoms with E-state index >= 15 is 0 Å². The highest BCUT2D eigenvalue weighted by Gasteiger charge is 2.53. The summed E-state index contributed by atoms with van der Waals surface area (Å²) in [6.07, 6.45) is 9.39. The predicted octanol–water partition coefficient (Wildman–Crippen LogP) is 7.45. The van der Waals surface area contributed by atoms with Crippen LogP contribution in [-0.4, -0.2) is 103 Å². The SMILES string of the molecule is COC(=O)C(NC(=O)OC(C)(C)C)(OC(=O)C(NC(=O)OC(C)(C)C)C(C)COC1CC(CCc2ccc3c(n2)NCCC3)C1)C(C)COC1CC(CCc2ccc3c(n2)NCCC3)C1. The van der Waals surface area contributed by atoms with Gasteiger partial charge in [0.25, 0.3) is 5.72 Å². The van der Waals surface area contributed by atoms with Crippen LogP contribution in [0.15, 0.2) is 24.3 Å². The van der Waals surface area contributed by atoms with Gasteiger partial charge in [-0.3, -0.25) is 5.32 Å². The predicted molar refractivity (Wildman–Crippen MR) is 245 cm³/mol. The summed E-state index contributed by atoms with van der Waals surface area (Å²) in [5, 5.41) is 12.0. The normalized spacial score (nSPS) is 22.5. The van der Waals surface area contributed by atoms with Crippen molar-refractivity contribution in [3.63, 3.8) is 0 Å². The first kappa shape index (κ1) is 49.7. The number of rotatable bonds is 19. The number of ether oxygens (including phenoxy) is 6. The Morgan fingerprint density at radius 2 is 1.20 bits per heavy atom. The van der Waals surface area contributed by atoms with Gasteiger partial charge in [-0.1, -0.05) is 26.0 Å². The number of aryl methyl sites for hydroxylation is 4. The first-order valence-corrected chi connectivity index (χ1v) is 23.8. The van der Waals surface area contributed by atoms with Gasteiger partial charge in [-0.2, -0.15) is 0 Å². The Labute approximate surface area is 385 Å². The number of esters is 2. The lowest BCUT2D eigenvalue weighted by molar-refractivity contribution is -0.199. The zero-order chi connectivity index (χ0) is 46.9. The number of amides is 2. The maximum atomic E-state index is 14.5.